The number of rotatable bonds is 2. The topological polar surface area (TPSA) is 54.8 Å². The fraction of sp³-hybridized carbons (Fsp3) is 0.150. The number of hydrogen-bond acceptors (Lipinski definition) is 4. The van der Waals surface area contributed by atoms with E-state index in [9.17, 15) is 4.79 Å². The number of fused-ring (bicyclic) bond motifs is 1. The van der Waals surface area contributed by atoms with Crippen molar-refractivity contribution in [1.29, 1.82) is 0 Å². The van der Waals surface area contributed by atoms with Gasteiger partial charge >= 0.3 is 0 Å². The fourth-order valence-corrected chi connectivity index (χ4v) is 3.27. The third-order valence-corrected chi connectivity index (χ3v) is 4.73. The smallest absolute Gasteiger partial charge is 0.243 e. The van der Waals surface area contributed by atoms with Gasteiger partial charge in [0.25, 0.3) is 0 Å². The second-order valence-electron chi connectivity index (χ2n) is 6.12. The highest BCUT2D eigenvalue weighted by atomic mass is 79.9. The minimum atomic E-state index is -0.581. The highest BCUT2D eigenvalue weighted by Crippen LogP contribution is 2.32. The van der Waals surface area contributed by atoms with Gasteiger partial charge in [0.2, 0.25) is 18.0 Å². The number of hydrogen-bond donors (Lipinski definition) is 0. The first-order valence-electron chi connectivity index (χ1n) is 8.20. The van der Waals surface area contributed by atoms with Crippen LogP contribution in [0.5, 0.6) is 0 Å². The summed E-state index contributed by atoms with van der Waals surface area (Å²) in [7, 11) is 0. The number of benzene rings is 2. The zero-order valence-corrected chi connectivity index (χ0v) is 15.9. The lowest BCUT2D eigenvalue weighted by Crippen LogP contribution is -2.25. The van der Waals surface area contributed by atoms with Crippen LogP contribution >= 0.6 is 15.9 Å². The van der Waals surface area contributed by atoms with Gasteiger partial charge in [0, 0.05) is 33.6 Å². The summed E-state index contributed by atoms with van der Waals surface area (Å²) >= 11 is 3.42. The first-order chi connectivity index (χ1) is 12.5. The van der Waals surface area contributed by atoms with Gasteiger partial charge in [-0.1, -0.05) is 46.3 Å². The van der Waals surface area contributed by atoms with Crippen molar-refractivity contribution in [2.75, 3.05) is 0 Å². The van der Waals surface area contributed by atoms with Crippen molar-refractivity contribution >= 4 is 38.6 Å². The molecule has 1 aromatic heterocycles. The number of halogens is 1. The maximum atomic E-state index is 12.1. The fourth-order valence-electron chi connectivity index (χ4n) is 3.00. The molecule has 2 aromatic carbocycles. The second kappa shape index (κ2) is 6.53. The highest BCUT2D eigenvalue weighted by molar-refractivity contribution is 9.10. The molecule has 0 radical (unpaired) electrons. The van der Waals surface area contributed by atoms with E-state index in [1.807, 2.05) is 61.5 Å². The highest BCUT2D eigenvalue weighted by Gasteiger charge is 2.33. The lowest BCUT2D eigenvalue weighted by molar-refractivity contribution is -0.135. The number of ether oxygens (including phenoxy) is 1. The number of carbonyl (C=O) groups is 1. The summed E-state index contributed by atoms with van der Waals surface area (Å²) in [6, 6.07) is 17.4. The molecule has 0 fully saturated rings. The van der Waals surface area contributed by atoms with Gasteiger partial charge in [-0.15, -0.1) is 5.10 Å². The standard InChI is InChI=1S/C20H16BrN3O2/c1-12-11-17(16-5-3-4-6-18(16)22-12)19-23-24(13(2)25)20(26-19)14-7-9-15(21)10-8-14/h3-11,20H,1-2H3. The van der Waals surface area contributed by atoms with Crippen LogP contribution in [0.2, 0.25) is 0 Å². The monoisotopic (exact) mass is 409 g/mol. The third-order valence-electron chi connectivity index (χ3n) is 4.20. The van der Waals surface area contributed by atoms with Crippen LogP contribution in [0, 0.1) is 6.92 Å². The number of para-hydroxylation sites is 1. The molecule has 1 aliphatic heterocycles. The zero-order valence-electron chi connectivity index (χ0n) is 14.3. The average Bonchev–Trinajstić information content (AvgIpc) is 3.07. The molecule has 6 heteroatoms. The largest absolute Gasteiger partial charge is 0.446 e. The van der Waals surface area contributed by atoms with Crippen LogP contribution < -0.4 is 0 Å². The van der Waals surface area contributed by atoms with Crippen molar-refractivity contribution in [3.05, 3.63) is 75.9 Å². The molecule has 1 atom stereocenters. The number of aromatic nitrogens is 1. The molecule has 1 unspecified atom stereocenters. The summed E-state index contributed by atoms with van der Waals surface area (Å²) in [5.41, 5.74) is 3.43. The third kappa shape index (κ3) is 2.97. The Hall–Kier alpha value is -2.73. The Kier molecular flexibility index (Phi) is 4.20. The van der Waals surface area contributed by atoms with Gasteiger partial charge in [0.1, 0.15) is 0 Å². The number of amides is 1. The Morgan fingerprint density at radius 2 is 1.88 bits per heavy atom. The summed E-state index contributed by atoms with van der Waals surface area (Å²) in [5, 5.41) is 6.79. The van der Waals surface area contributed by atoms with Crippen LogP contribution in [-0.4, -0.2) is 21.8 Å². The maximum absolute atomic E-state index is 12.1. The average molecular weight is 410 g/mol. The molecule has 0 saturated heterocycles. The molecular weight excluding hydrogens is 394 g/mol. The summed E-state index contributed by atoms with van der Waals surface area (Å²) in [5.74, 6) is 0.248. The Balaban J connectivity index is 1.80. The Labute approximate surface area is 159 Å². The van der Waals surface area contributed by atoms with Crippen molar-refractivity contribution in [2.45, 2.75) is 20.1 Å². The molecule has 3 aromatic rings. The van der Waals surface area contributed by atoms with Gasteiger partial charge in [-0.05, 0) is 31.2 Å². The van der Waals surface area contributed by atoms with Crippen LogP contribution in [0.1, 0.15) is 30.0 Å². The lowest BCUT2D eigenvalue weighted by atomic mass is 10.1. The van der Waals surface area contributed by atoms with Crippen LogP contribution in [0.3, 0.4) is 0 Å². The van der Waals surface area contributed by atoms with Crippen molar-refractivity contribution in [3.63, 3.8) is 0 Å². The van der Waals surface area contributed by atoms with Gasteiger partial charge in [-0.2, -0.15) is 5.01 Å². The van der Waals surface area contributed by atoms with E-state index < -0.39 is 6.23 Å². The predicted molar refractivity (Wildman–Crippen MR) is 104 cm³/mol. The van der Waals surface area contributed by atoms with Crippen molar-refractivity contribution in [1.82, 2.24) is 9.99 Å². The van der Waals surface area contributed by atoms with Crippen LogP contribution in [-0.2, 0) is 9.53 Å². The molecule has 2 heterocycles. The molecule has 5 nitrogen and oxygen atoms in total. The minimum absolute atomic E-state index is 0.178. The maximum Gasteiger partial charge on any atom is 0.243 e. The molecule has 4 rings (SSSR count). The Bertz CT molecular complexity index is 1030. The molecule has 26 heavy (non-hydrogen) atoms. The molecule has 0 N–H and O–H groups in total. The van der Waals surface area contributed by atoms with Gasteiger partial charge < -0.3 is 4.74 Å². The molecule has 1 aliphatic rings. The van der Waals surface area contributed by atoms with Crippen molar-refractivity contribution < 1.29 is 9.53 Å². The van der Waals surface area contributed by atoms with E-state index in [2.05, 4.69) is 26.0 Å². The summed E-state index contributed by atoms with van der Waals surface area (Å²) in [6.07, 6.45) is -0.581. The first-order valence-corrected chi connectivity index (χ1v) is 8.99. The van der Waals surface area contributed by atoms with E-state index in [0.717, 1.165) is 32.2 Å². The number of pyridine rings is 1. The summed E-state index contributed by atoms with van der Waals surface area (Å²) in [6.45, 7) is 3.41. The molecule has 0 aliphatic carbocycles. The Morgan fingerprint density at radius 3 is 2.62 bits per heavy atom. The van der Waals surface area contributed by atoms with Gasteiger partial charge in [0.05, 0.1) is 5.52 Å². The number of nitrogens with zero attached hydrogens (tertiary/aromatic N) is 3. The van der Waals surface area contributed by atoms with E-state index in [4.69, 9.17) is 4.74 Å². The van der Waals surface area contributed by atoms with Crippen LogP contribution in [0.15, 0.2) is 64.2 Å². The van der Waals surface area contributed by atoms with Crippen LogP contribution in [0.4, 0.5) is 0 Å². The van der Waals surface area contributed by atoms with E-state index in [-0.39, 0.29) is 5.91 Å². The van der Waals surface area contributed by atoms with E-state index in [1.165, 1.54) is 11.9 Å². The molecule has 1 amide bonds. The lowest BCUT2D eigenvalue weighted by Gasteiger charge is -2.19. The van der Waals surface area contributed by atoms with E-state index >= 15 is 0 Å². The molecule has 130 valence electrons. The Morgan fingerprint density at radius 1 is 1.15 bits per heavy atom. The normalized spacial score (nSPS) is 16.5. The van der Waals surface area contributed by atoms with E-state index in [0.29, 0.717) is 5.90 Å². The molecule has 0 spiro atoms. The number of hydrazone groups is 1. The van der Waals surface area contributed by atoms with Gasteiger partial charge in [-0.3, -0.25) is 9.78 Å². The van der Waals surface area contributed by atoms with Crippen molar-refractivity contribution in [3.8, 4) is 0 Å². The molecule has 0 bridgehead atoms. The summed E-state index contributed by atoms with van der Waals surface area (Å²) < 4.78 is 7.09. The van der Waals surface area contributed by atoms with E-state index in [1.54, 1.807) is 0 Å². The van der Waals surface area contributed by atoms with Gasteiger partial charge in [-0.25, -0.2) is 0 Å². The first kappa shape index (κ1) is 16.7. The minimum Gasteiger partial charge on any atom is -0.446 e. The second-order valence-corrected chi connectivity index (χ2v) is 7.03. The van der Waals surface area contributed by atoms with Gasteiger partial charge in [0.15, 0.2) is 0 Å². The number of carbonyl (C=O) groups excluding carboxylic acids is 1. The summed E-state index contributed by atoms with van der Waals surface area (Å²) in [4.78, 5) is 16.7. The quantitative estimate of drug-likeness (QED) is 0.623. The predicted octanol–water partition coefficient (Wildman–Crippen LogP) is 4.54. The molecule has 0 saturated carbocycles. The SMILES string of the molecule is CC(=O)N1N=C(c2cc(C)nc3ccccc23)OC1c1ccc(Br)cc1. The zero-order chi connectivity index (χ0) is 18.3. The molecular formula is C20H16BrN3O2. The number of aryl methyl sites for hydroxylation is 1. The van der Waals surface area contributed by atoms with Crippen molar-refractivity contribution in [2.24, 2.45) is 5.10 Å². The van der Waals surface area contributed by atoms with Crippen LogP contribution in [0.25, 0.3) is 10.9 Å².